The molecular weight excluding hydrogens is 303 g/mol. The van der Waals surface area contributed by atoms with Gasteiger partial charge in [0.2, 0.25) is 0 Å². The molecule has 0 N–H and O–H groups in total. The molecule has 0 saturated carbocycles. The molecule has 1 rings (SSSR count). The monoisotopic (exact) mass is 308 g/mol. The second kappa shape index (κ2) is 4.33. The SMILES string of the molecule is Cc1cc(Br)cc(F)c1C(=O)CBr. The van der Waals surface area contributed by atoms with Crippen LogP contribution in [0.4, 0.5) is 4.39 Å². The molecule has 0 aliphatic carbocycles. The number of benzene rings is 1. The summed E-state index contributed by atoms with van der Waals surface area (Å²) in [6, 6.07) is 3.02. The van der Waals surface area contributed by atoms with Crippen LogP contribution in [0.2, 0.25) is 0 Å². The van der Waals surface area contributed by atoms with Crippen LogP contribution >= 0.6 is 31.9 Å². The van der Waals surface area contributed by atoms with Gasteiger partial charge in [-0.1, -0.05) is 31.9 Å². The molecule has 0 spiro atoms. The molecule has 0 unspecified atom stereocenters. The Balaban J connectivity index is 3.28. The van der Waals surface area contributed by atoms with Crippen LogP contribution in [0.1, 0.15) is 15.9 Å². The van der Waals surface area contributed by atoms with E-state index in [1.807, 2.05) is 0 Å². The van der Waals surface area contributed by atoms with E-state index in [9.17, 15) is 9.18 Å². The molecule has 0 amide bonds. The van der Waals surface area contributed by atoms with Crippen LogP contribution in [0.25, 0.3) is 0 Å². The number of carbonyl (C=O) groups excluding carboxylic acids is 1. The number of alkyl halides is 1. The van der Waals surface area contributed by atoms with Crippen LogP contribution in [0.15, 0.2) is 16.6 Å². The lowest BCUT2D eigenvalue weighted by atomic mass is 10.1. The number of hydrogen-bond acceptors (Lipinski definition) is 1. The predicted octanol–water partition coefficient (Wildman–Crippen LogP) is 3.47. The van der Waals surface area contributed by atoms with Gasteiger partial charge in [0.05, 0.1) is 10.9 Å². The third kappa shape index (κ3) is 2.38. The highest BCUT2D eigenvalue weighted by atomic mass is 79.9. The summed E-state index contributed by atoms with van der Waals surface area (Å²) in [6.45, 7) is 1.71. The number of carbonyl (C=O) groups is 1. The van der Waals surface area contributed by atoms with E-state index in [0.717, 1.165) is 0 Å². The second-order valence-electron chi connectivity index (χ2n) is 2.64. The Kier molecular flexibility index (Phi) is 3.62. The summed E-state index contributed by atoms with van der Waals surface area (Å²) in [5, 5.41) is 0.145. The van der Waals surface area contributed by atoms with Crippen LogP contribution in [-0.2, 0) is 0 Å². The zero-order valence-corrected chi connectivity index (χ0v) is 10.1. The zero-order valence-electron chi connectivity index (χ0n) is 6.90. The number of Topliss-reactive ketones (excluding diaryl/α,β-unsaturated/α-hetero) is 1. The summed E-state index contributed by atoms with van der Waals surface area (Å²) in [5.74, 6) is -0.709. The molecular formula is C9H7Br2FO. The lowest BCUT2D eigenvalue weighted by molar-refractivity contribution is 0.101. The molecule has 70 valence electrons. The van der Waals surface area contributed by atoms with Gasteiger partial charge in [-0.3, -0.25) is 4.79 Å². The first-order valence-corrected chi connectivity index (χ1v) is 5.52. The summed E-state index contributed by atoms with van der Waals surface area (Å²) in [4.78, 5) is 11.3. The van der Waals surface area contributed by atoms with E-state index in [1.54, 1.807) is 13.0 Å². The molecule has 0 heterocycles. The predicted molar refractivity (Wildman–Crippen MR) is 57.0 cm³/mol. The first kappa shape index (κ1) is 10.9. The number of hydrogen-bond donors (Lipinski definition) is 0. The van der Waals surface area contributed by atoms with Crippen molar-refractivity contribution >= 4 is 37.6 Å². The quantitative estimate of drug-likeness (QED) is 0.604. The highest BCUT2D eigenvalue weighted by Gasteiger charge is 2.13. The Hall–Kier alpha value is -0.220. The maximum absolute atomic E-state index is 13.3. The smallest absolute Gasteiger partial charge is 0.176 e. The summed E-state index contributed by atoms with van der Waals surface area (Å²) in [6.07, 6.45) is 0. The fraction of sp³-hybridized carbons (Fsp3) is 0.222. The minimum absolute atomic E-state index is 0.145. The maximum atomic E-state index is 13.3. The highest BCUT2D eigenvalue weighted by Crippen LogP contribution is 2.20. The van der Waals surface area contributed by atoms with E-state index in [2.05, 4.69) is 31.9 Å². The van der Waals surface area contributed by atoms with Crippen LogP contribution in [-0.4, -0.2) is 11.1 Å². The Labute approximate surface area is 92.6 Å². The van der Waals surface area contributed by atoms with Gasteiger partial charge in [0, 0.05) is 4.47 Å². The van der Waals surface area contributed by atoms with E-state index < -0.39 is 5.82 Å². The summed E-state index contributed by atoms with van der Waals surface area (Å²) < 4.78 is 13.9. The molecule has 1 nitrogen and oxygen atoms in total. The standard InChI is InChI=1S/C9H7Br2FO/c1-5-2-6(11)3-7(12)9(5)8(13)4-10/h2-3H,4H2,1H3. The summed E-state index contributed by atoms with van der Waals surface area (Å²) in [5.41, 5.74) is 0.816. The van der Waals surface area contributed by atoms with Crippen molar-refractivity contribution in [2.45, 2.75) is 6.92 Å². The number of ketones is 1. The molecule has 13 heavy (non-hydrogen) atoms. The molecule has 0 radical (unpaired) electrons. The van der Waals surface area contributed by atoms with E-state index in [4.69, 9.17) is 0 Å². The Morgan fingerprint density at radius 1 is 1.54 bits per heavy atom. The van der Waals surface area contributed by atoms with Gasteiger partial charge in [-0.05, 0) is 24.6 Å². The van der Waals surface area contributed by atoms with Crippen molar-refractivity contribution < 1.29 is 9.18 Å². The van der Waals surface area contributed by atoms with Gasteiger partial charge in [-0.2, -0.15) is 0 Å². The Morgan fingerprint density at radius 3 is 2.62 bits per heavy atom. The zero-order chi connectivity index (χ0) is 10.0. The summed E-state index contributed by atoms with van der Waals surface area (Å²) in [7, 11) is 0. The maximum Gasteiger partial charge on any atom is 0.176 e. The number of aryl methyl sites for hydroxylation is 1. The van der Waals surface area contributed by atoms with Crippen LogP contribution in [0.5, 0.6) is 0 Å². The molecule has 1 aromatic rings. The number of rotatable bonds is 2. The first-order valence-electron chi connectivity index (χ1n) is 3.61. The van der Waals surface area contributed by atoms with Gasteiger partial charge in [0.15, 0.2) is 5.78 Å². The second-order valence-corrected chi connectivity index (χ2v) is 4.11. The van der Waals surface area contributed by atoms with Crippen LogP contribution in [0.3, 0.4) is 0 Å². The van der Waals surface area contributed by atoms with E-state index in [0.29, 0.717) is 10.0 Å². The third-order valence-corrected chi connectivity index (χ3v) is 2.62. The van der Waals surface area contributed by atoms with Crippen molar-refractivity contribution in [2.24, 2.45) is 0 Å². The van der Waals surface area contributed by atoms with Crippen LogP contribution < -0.4 is 0 Å². The van der Waals surface area contributed by atoms with E-state index in [-0.39, 0.29) is 16.7 Å². The average molecular weight is 310 g/mol. The molecule has 0 aliphatic rings. The Morgan fingerprint density at radius 2 is 2.15 bits per heavy atom. The van der Waals surface area contributed by atoms with Crippen molar-refractivity contribution in [1.29, 1.82) is 0 Å². The molecule has 0 atom stereocenters. The average Bonchev–Trinajstić information content (AvgIpc) is 2.02. The molecule has 4 heteroatoms. The molecule has 0 bridgehead atoms. The van der Waals surface area contributed by atoms with E-state index >= 15 is 0 Å². The van der Waals surface area contributed by atoms with Crippen LogP contribution in [0, 0.1) is 12.7 Å². The van der Waals surface area contributed by atoms with Crippen molar-refractivity contribution in [3.63, 3.8) is 0 Å². The van der Waals surface area contributed by atoms with Gasteiger partial charge in [0.25, 0.3) is 0 Å². The van der Waals surface area contributed by atoms with Gasteiger partial charge in [-0.25, -0.2) is 4.39 Å². The topological polar surface area (TPSA) is 17.1 Å². The normalized spacial score (nSPS) is 10.2. The van der Waals surface area contributed by atoms with Gasteiger partial charge >= 0.3 is 0 Å². The van der Waals surface area contributed by atoms with Gasteiger partial charge in [-0.15, -0.1) is 0 Å². The van der Waals surface area contributed by atoms with Crippen molar-refractivity contribution in [3.05, 3.63) is 33.5 Å². The molecule has 1 aromatic carbocycles. The minimum atomic E-state index is -0.476. The fourth-order valence-corrected chi connectivity index (χ4v) is 1.95. The van der Waals surface area contributed by atoms with E-state index in [1.165, 1.54) is 6.07 Å². The largest absolute Gasteiger partial charge is 0.293 e. The molecule has 0 fully saturated rings. The fourth-order valence-electron chi connectivity index (χ4n) is 1.12. The van der Waals surface area contributed by atoms with Gasteiger partial charge in [0.1, 0.15) is 5.82 Å². The lowest BCUT2D eigenvalue weighted by Gasteiger charge is -2.04. The lowest BCUT2D eigenvalue weighted by Crippen LogP contribution is -2.06. The summed E-state index contributed by atoms with van der Waals surface area (Å²) >= 11 is 6.17. The molecule has 0 saturated heterocycles. The third-order valence-electron chi connectivity index (χ3n) is 1.65. The molecule has 0 aliphatic heterocycles. The van der Waals surface area contributed by atoms with Crippen molar-refractivity contribution in [1.82, 2.24) is 0 Å². The Bertz CT molecular complexity index is 326. The number of halogens is 3. The highest BCUT2D eigenvalue weighted by molar-refractivity contribution is 9.10. The minimum Gasteiger partial charge on any atom is -0.293 e. The molecule has 0 aromatic heterocycles. The van der Waals surface area contributed by atoms with Gasteiger partial charge < -0.3 is 0 Å². The van der Waals surface area contributed by atoms with Crippen molar-refractivity contribution in [2.75, 3.05) is 5.33 Å². The first-order chi connectivity index (χ1) is 6.06. The van der Waals surface area contributed by atoms with Crippen molar-refractivity contribution in [3.8, 4) is 0 Å².